The normalized spacial score (nSPS) is 11.4. The Morgan fingerprint density at radius 3 is 1.28 bits per heavy atom. The third-order valence-electron chi connectivity index (χ3n) is 12.7. The molecule has 64 heavy (non-hydrogen) atoms. The van der Waals surface area contributed by atoms with E-state index in [4.69, 9.17) is 0 Å². The number of rotatable bonds is 8. The molecule has 0 unspecified atom stereocenters. The number of benzene rings is 11. The molecule has 2 heteroatoms. The van der Waals surface area contributed by atoms with E-state index in [2.05, 4.69) is 254 Å². The Morgan fingerprint density at radius 2 is 0.672 bits per heavy atom. The van der Waals surface area contributed by atoms with Gasteiger partial charge in [-0.3, -0.25) is 0 Å². The Labute approximate surface area is 377 Å². The predicted octanol–water partition coefficient (Wildman–Crippen LogP) is 18.2. The van der Waals surface area contributed by atoms with Crippen LogP contribution in [-0.4, -0.2) is 0 Å². The first-order chi connectivity index (χ1) is 31.7. The zero-order valence-corrected chi connectivity index (χ0v) is 35.8. The van der Waals surface area contributed by atoms with Crippen LogP contribution in [0.3, 0.4) is 0 Å². The van der Waals surface area contributed by atoms with Crippen LogP contribution in [0.25, 0.3) is 97.4 Å². The zero-order chi connectivity index (χ0) is 42.4. The monoisotopic (exact) mass is 831 g/mol. The molecule has 1 heterocycles. The smallest absolute Gasteiger partial charge is 0.0468 e. The first-order valence-electron chi connectivity index (χ1n) is 21.9. The zero-order valence-electron chi connectivity index (χ0n) is 35.0. The van der Waals surface area contributed by atoms with Crippen molar-refractivity contribution in [2.24, 2.45) is 0 Å². The van der Waals surface area contributed by atoms with Gasteiger partial charge in [0.1, 0.15) is 0 Å². The highest BCUT2D eigenvalue weighted by atomic mass is 32.1. The van der Waals surface area contributed by atoms with Gasteiger partial charge in [0.15, 0.2) is 0 Å². The highest BCUT2D eigenvalue weighted by Gasteiger charge is 2.21. The van der Waals surface area contributed by atoms with Crippen molar-refractivity contribution < 1.29 is 0 Å². The Kier molecular flexibility index (Phi) is 9.43. The van der Waals surface area contributed by atoms with Crippen LogP contribution in [0.1, 0.15) is 0 Å². The number of nitrogens with zero attached hydrogens (tertiary/aromatic N) is 1. The number of anilines is 3. The molecule has 0 saturated carbocycles. The second-order valence-electron chi connectivity index (χ2n) is 16.4. The highest BCUT2D eigenvalue weighted by Crippen LogP contribution is 2.47. The minimum atomic E-state index is 1.09. The maximum absolute atomic E-state index is 2.42. The van der Waals surface area contributed by atoms with Crippen LogP contribution < -0.4 is 4.90 Å². The standard InChI is InChI=1S/C62H41NS/c1-4-15-42(16-5-1)43-27-29-44(30-28-43)45-31-35-49(36-32-45)63(50-37-33-46(34-38-50)52-24-14-25-57-55-22-12-13-26-59(55)64-62(52)57)51-39-40-54-53-21-10-11-23-56(53)60(47-17-6-2-7-18-47)61(58(54)41-51)48-19-8-3-9-20-48/h1-41H. The SMILES string of the molecule is c1ccc(-c2ccc(-c3ccc(N(c4ccc(-c5cccc6c5sc5ccccc56)cc4)c4ccc5c(c4)c(-c4ccccc4)c(-c4ccccc4)c4ccccc45)cc3)cc2)cc1. The van der Waals surface area contributed by atoms with Gasteiger partial charge >= 0.3 is 0 Å². The maximum Gasteiger partial charge on any atom is 0.0468 e. The number of thiophene rings is 1. The number of hydrogen-bond donors (Lipinski definition) is 0. The predicted molar refractivity (Wildman–Crippen MR) is 276 cm³/mol. The van der Waals surface area contributed by atoms with Crippen molar-refractivity contribution in [1.82, 2.24) is 0 Å². The summed E-state index contributed by atoms with van der Waals surface area (Å²) >= 11 is 1.88. The van der Waals surface area contributed by atoms with Gasteiger partial charge in [0.05, 0.1) is 0 Å². The molecule has 0 bridgehead atoms. The van der Waals surface area contributed by atoms with Gasteiger partial charge in [0, 0.05) is 37.2 Å². The molecule has 0 saturated heterocycles. The summed E-state index contributed by atoms with van der Waals surface area (Å²) in [7, 11) is 0. The lowest BCUT2D eigenvalue weighted by Crippen LogP contribution is -2.10. The molecule has 0 atom stereocenters. The third-order valence-corrected chi connectivity index (χ3v) is 13.9. The molecule has 0 fully saturated rings. The first-order valence-corrected chi connectivity index (χ1v) is 22.7. The van der Waals surface area contributed by atoms with Gasteiger partial charge < -0.3 is 4.90 Å². The molecule has 1 nitrogen and oxygen atoms in total. The summed E-state index contributed by atoms with van der Waals surface area (Å²) in [5.41, 5.74) is 15.5. The Balaban J connectivity index is 1.03. The molecular weight excluding hydrogens is 791 g/mol. The Bertz CT molecular complexity index is 3610. The van der Waals surface area contributed by atoms with Crippen molar-refractivity contribution >= 4 is 70.1 Å². The summed E-state index contributed by atoms with van der Waals surface area (Å²) in [6.45, 7) is 0. The van der Waals surface area contributed by atoms with Crippen molar-refractivity contribution in [3.05, 3.63) is 249 Å². The second-order valence-corrected chi connectivity index (χ2v) is 17.5. The Morgan fingerprint density at radius 1 is 0.250 bits per heavy atom. The summed E-state index contributed by atoms with van der Waals surface area (Å²) in [6.07, 6.45) is 0. The molecule has 0 spiro atoms. The van der Waals surface area contributed by atoms with Gasteiger partial charge in [-0.2, -0.15) is 0 Å². The topological polar surface area (TPSA) is 3.24 Å². The maximum atomic E-state index is 2.42. The van der Waals surface area contributed by atoms with Crippen molar-refractivity contribution in [2.45, 2.75) is 0 Å². The fraction of sp³-hybridized carbons (Fsp3) is 0. The molecule has 0 aliphatic carbocycles. The van der Waals surface area contributed by atoms with Gasteiger partial charge in [-0.1, -0.05) is 206 Å². The van der Waals surface area contributed by atoms with Gasteiger partial charge in [-0.05, 0) is 120 Å². The molecule has 12 aromatic rings. The van der Waals surface area contributed by atoms with Gasteiger partial charge in [0.25, 0.3) is 0 Å². The van der Waals surface area contributed by atoms with Crippen molar-refractivity contribution in [1.29, 1.82) is 0 Å². The average molecular weight is 832 g/mol. The van der Waals surface area contributed by atoms with E-state index < -0.39 is 0 Å². The Hall–Kier alpha value is -8.04. The molecule has 0 amide bonds. The van der Waals surface area contributed by atoms with E-state index in [0.29, 0.717) is 0 Å². The molecule has 11 aromatic carbocycles. The minimum Gasteiger partial charge on any atom is -0.310 e. The number of fused-ring (bicyclic) bond motifs is 6. The number of hydrogen-bond acceptors (Lipinski definition) is 2. The molecule has 300 valence electrons. The van der Waals surface area contributed by atoms with Crippen LogP contribution in [0.4, 0.5) is 17.1 Å². The van der Waals surface area contributed by atoms with E-state index in [1.807, 2.05) is 11.3 Å². The molecule has 0 aliphatic heterocycles. The molecular formula is C62H41NS. The van der Waals surface area contributed by atoms with E-state index in [0.717, 1.165) is 17.1 Å². The van der Waals surface area contributed by atoms with Crippen molar-refractivity contribution in [3.8, 4) is 55.6 Å². The van der Waals surface area contributed by atoms with Crippen LogP contribution in [0.15, 0.2) is 249 Å². The molecule has 0 aliphatic rings. The van der Waals surface area contributed by atoms with Crippen LogP contribution in [0.5, 0.6) is 0 Å². The van der Waals surface area contributed by atoms with E-state index in [1.54, 1.807) is 0 Å². The molecule has 12 rings (SSSR count). The minimum absolute atomic E-state index is 1.09. The van der Waals surface area contributed by atoms with Crippen LogP contribution >= 0.6 is 11.3 Å². The lowest BCUT2D eigenvalue weighted by Gasteiger charge is -2.27. The molecule has 0 radical (unpaired) electrons. The largest absolute Gasteiger partial charge is 0.310 e. The molecule has 0 N–H and O–H groups in total. The third kappa shape index (κ3) is 6.64. The summed E-state index contributed by atoms with van der Waals surface area (Å²) in [5.74, 6) is 0. The van der Waals surface area contributed by atoms with Gasteiger partial charge in [-0.15, -0.1) is 11.3 Å². The highest BCUT2D eigenvalue weighted by molar-refractivity contribution is 7.26. The summed E-state index contributed by atoms with van der Waals surface area (Å²) in [4.78, 5) is 2.41. The fourth-order valence-corrected chi connectivity index (χ4v) is 10.9. The summed E-state index contributed by atoms with van der Waals surface area (Å²) in [5, 5.41) is 7.58. The van der Waals surface area contributed by atoms with Crippen LogP contribution in [0.2, 0.25) is 0 Å². The lowest BCUT2D eigenvalue weighted by atomic mass is 9.85. The van der Waals surface area contributed by atoms with E-state index in [9.17, 15) is 0 Å². The van der Waals surface area contributed by atoms with Crippen LogP contribution in [-0.2, 0) is 0 Å². The van der Waals surface area contributed by atoms with Crippen molar-refractivity contribution in [2.75, 3.05) is 4.90 Å². The van der Waals surface area contributed by atoms with Gasteiger partial charge in [0.2, 0.25) is 0 Å². The van der Waals surface area contributed by atoms with E-state index in [-0.39, 0.29) is 0 Å². The quantitative estimate of drug-likeness (QED) is 0.138. The van der Waals surface area contributed by atoms with Gasteiger partial charge in [-0.25, -0.2) is 0 Å². The van der Waals surface area contributed by atoms with E-state index in [1.165, 1.54) is 97.4 Å². The lowest BCUT2D eigenvalue weighted by molar-refractivity contribution is 1.29. The summed E-state index contributed by atoms with van der Waals surface area (Å²) < 4.78 is 2.64. The van der Waals surface area contributed by atoms with Crippen LogP contribution in [0, 0.1) is 0 Å². The second kappa shape index (κ2) is 16.0. The molecule has 1 aromatic heterocycles. The van der Waals surface area contributed by atoms with E-state index >= 15 is 0 Å². The first kappa shape index (κ1) is 37.7. The van der Waals surface area contributed by atoms with Crippen molar-refractivity contribution in [3.63, 3.8) is 0 Å². The average Bonchev–Trinajstić information content (AvgIpc) is 3.76. The summed E-state index contributed by atoms with van der Waals surface area (Å²) in [6, 6.07) is 90.9. The fourth-order valence-electron chi connectivity index (χ4n) is 9.63.